The standard InChI is InChI=1S/C28H32N2O5/c31-25(30-17-19-15-28(30,16-19)26(32)33)13-3-1-2-8-14-29-27(34)35-18-24-22-11-6-4-9-20(22)21-10-5-7-12-23(21)24/h4-7,9-12,19,24H,1-3,8,13-18H2,(H,29,34)(H,32,33). The van der Waals surface area contributed by atoms with E-state index in [1.54, 1.807) is 4.90 Å². The van der Waals surface area contributed by atoms with Gasteiger partial charge < -0.3 is 20.1 Å². The van der Waals surface area contributed by atoms with E-state index in [4.69, 9.17) is 4.74 Å². The van der Waals surface area contributed by atoms with Gasteiger partial charge in [0.1, 0.15) is 12.1 Å². The molecule has 0 radical (unpaired) electrons. The number of carboxylic acid groups (broad SMARTS) is 1. The van der Waals surface area contributed by atoms with Crippen molar-refractivity contribution in [1.82, 2.24) is 10.2 Å². The second kappa shape index (κ2) is 9.72. The first-order valence-corrected chi connectivity index (χ1v) is 12.6. The lowest BCUT2D eigenvalue weighted by molar-refractivity contribution is -0.158. The fraction of sp³-hybridized carbons (Fsp3) is 0.464. The molecule has 0 atom stereocenters. The number of carbonyl (C=O) groups is 3. The summed E-state index contributed by atoms with van der Waals surface area (Å²) in [6, 6.07) is 16.5. The van der Waals surface area contributed by atoms with Gasteiger partial charge in [0.15, 0.2) is 0 Å². The maximum Gasteiger partial charge on any atom is 0.407 e. The summed E-state index contributed by atoms with van der Waals surface area (Å²) >= 11 is 0. The Kier molecular flexibility index (Phi) is 6.50. The van der Waals surface area contributed by atoms with Crippen LogP contribution >= 0.6 is 0 Å². The Morgan fingerprint density at radius 2 is 1.57 bits per heavy atom. The Morgan fingerprint density at radius 3 is 2.23 bits per heavy atom. The quantitative estimate of drug-likeness (QED) is 0.491. The number of unbranched alkanes of at least 4 members (excludes halogenated alkanes) is 3. The summed E-state index contributed by atoms with van der Waals surface area (Å²) < 4.78 is 5.55. The van der Waals surface area contributed by atoms with Crippen molar-refractivity contribution in [1.29, 1.82) is 0 Å². The van der Waals surface area contributed by atoms with Crippen molar-refractivity contribution < 1.29 is 24.2 Å². The highest BCUT2D eigenvalue weighted by molar-refractivity contribution is 5.89. The Hall–Kier alpha value is -3.35. The number of nitrogens with zero attached hydrogens (tertiary/aromatic N) is 1. The van der Waals surface area contributed by atoms with Gasteiger partial charge in [-0.25, -0.2) is 9.59 Å². The second-order valence-electron chi connectivity index (χ2n) is 10.0. The average molecular weight is 477 g/mol. The van der Waals surface area contributed by atoms with Crippen molar-refractivity contribution in [3.63, 3.8) is 0 Å². The van der Waals surface area contributed by atoms with E-state index >= 15 is 0 Å². The number of carbonyl (C=O) groups excluding carboxylic acids is 2. The topological polar surface area (TPSA) is 95.9 Å². The predicted molar refractivity (Wildman–Crippen MR) is 131 cm³/mol. The lowest BCUT2D eigenvalue weighted by Crippen LogP contribution is -2.54. The number of amides is 2. The molecule has 2 saturated heterocycles. The first-order valence-electron chi connectivity index (χ1n) is 12.6. The molecular weight excluding hydrogens is 444 g/mol. The number of rotatable bonds is 10. The number of benzene rings is 2. The summed E-state index contributed by atoms with van der Waals surface area (Å²) in [7, 11) is 0. The highest BCUT2D eigenvalue weighted by atomic mass is 16.5. The normalized spacial score (nSPS) is 21.7. The zero-order chi connectivity index (χ0) is 24.4. The molecule has 2 amide bonds. The number of nitrogens with one attached hydrogen (secondary N) is 1. The van der Waals surface area contributed by atoms with E-state index in [0.717, 1.165) is 25.7 Å². The SMILES string of the molecule is O=C(NCCCCCCC(=O)N1CC2CC1(C(=O)O)C2)OCC1c2ccccc2-c2ccccc21. The Balaban J connectivity index is 0.979. The van der Waals surface area contributed by atoms with E-state index in [9.17, 15) is 19.5 Å². The average Bonchev–Trinajstić information content (AvgIpc) is 3.51. The second-order valence-corrected chi connectivity index (χ2v) is 10.0. The van der Waals surface area contributed by atoms with Gasteiger partial charge in [-0.1, -0.05) is 61.4 Å². The van der Waals surface area contributed by atoms with E-state index in [0.29, 0.717) is 44.9 Å². The zero-order valence-electron chi connectivity index (χ0n) is 19.9. The van der Waals surface area contributed by atoms with Gasteiger partial charge in [-0.05, 0) is 53.9 Å². The minimum absolute atomic E-state index is 0.0378. The van der Waals surface area contributed by atoms with Crippen molar-refractivity contribution in [3.8, 4) is 11.1 Å². The number of hydrogen-bond donors (Lipinski definition) is 2. The minimum Gasteiger partial charge on any atom is -0.479 e. The van der Waals surface area contributed by atoms with Crippen molar-refractivity contribution in [3.05, 3.63) is 59.7 Å². The molecule has 2 heterocycles. The fourth-order valence-electron chi connectivity index (χ4n) is 6.04. The van der Waals surface area contributed by atoms with Gasteiger partial charge in [0.25, 0.3) is 0 Å². The molecule has 2 aromatic rings. The number of fused-ring (bicyclic) bond motifs is 4. The summed E-state index contributed by atoms with van der Waals surface area (Å²) in [6.07, 6.45) is 4.50. The van der Waals surface area contributed by atoms with Crippen LogP contribution in [0, 0.1) is 5.92 Å². The van der Waals surface area contributed by atoms with Gasteiger partial charge in [0, 0.05) is 25.4 Å². The summed E-state index contributed by atoms with van der Waals surface area (Å²) in [5.41, 5.74) is 3.87. The van der Waals surface area contributed by atoms with Crippen LogP contribution in [0.15, 0.2) is 48.5 Å². The van der Waals surface area contributed by atoms with Crippen LogP contribution in [0.2, 0.25) is 0 Å². The van der Waals surface area contributed by atoms with Crippen molar-refractivity contribution in [2.75, 3.05) is 19.7 Å². The Labute approximate surface area is 205 Å². The number of ether oxygens (including phenoxy) is 1. The monoisotopic (exact) mass is 476 g/mol. The van der Waals surface area contributed by atoms with E-state index < -0.39 is 17.6 Å². The maximum absolute atomic E-state index is 12.5. The largest absolute Gasteiger partial charge is 0.479 e. The number of aliphatic carboxylic acids is 1. The summed E-state index contributed by atoms with van der Waals surface area (Å²) in [6.45, 7) is 1.42. The van der Waals surface area contributed by atoms with Gasteiger partial charge in [0.2, 0.25) is 5.91 Å². The van der Waals surface area contributed by atoms with E-state index in [1.807, 2.05) is 24.3 Å². The minimum atomic E-state index is -0.922. The van der Waals surface area contributed by atoms with E-state index in [-0.39, 0.29) is 11.8 Å². The molecule has 2 aliphatic carbocycles. The fourth-order valence-corrected chi connectivity index (χ4v) is 6.04. The van der Waals surface area contributed by atoms with E-state index in [1.165, 1.54) is 22.3 Å². The Bertz CT molecular complexity index is 1080. The molecule has 0 spiro atoms. The molecule has 2 aromatic carbocycles. The summed E-state index contributed by atoms with van der Waals surface area (Å²) in [5, 5.41) is 12.3. The third-order valence-electron chi connectivity index (χ3n) is 7.84. The van der Waals surface area contributed by atoms with Crippen molar-refractivity contribution in [2.24, 2.45) is 5.92 Å². The number of hydrogen-bond acceptors (Lipinski definition) is 4. The van der Waals surface area contributed by atoms with Crippen LogP contribution < -0.4 is 5.32 Å². The molecule has 184 valence electrons. The molecule has 6 rings (SSSR count). The van der Waals surface area contributed by atoms with Crippen LogP contribution in [-0.2, 0) is 14.3 Å². The number of alkyl carbamates (subject to hydrolysis) is 1. The molecule has 2 bridgehead atoms. The first-order chi connectivity index (χ1) is 17.0. The zero-order valence-corrected chi connectivity index (χ0v) is 19.9. The molecular formula is C28H32N2O5. The van der Waals surface area contributed by atoms with Crippen LogP contribution in [-0.4, -0.2) is 53.2 Å². The van der Waals surface area contributed by atoms with Gasteiger partial charge in [-0.2, -0.15) is 0 Å². The van der Waals surface area contributed by atoms with Gasteiger partial charge >= 0.3 is 12.1 Å². The molecule has 2 N–H and O–H groups in total. The molecule has 0 aromatic heterocycles. The van der Waals surface area contributed by atoms with Crippen molar-refractivity contribution in [2.45, 2.75) is 56.4 Å². The lowest BCUT2D eigenvalue weighted by Gasteiger charge is -2.37. The van der Waals surface area contributed by atoms with Crippen LogP contribution in [0.1, 0.15) is 62.0 Å². The molecule has 1 saturated carbocycles. The Morgan fingerprint density at radius 1 is 0.943 bits per heavy atom. The van der Waals surface area contributed by atoms with Crippen LogP contribution in [0.3, 0.4) is 0 Å². The van der Waals surface area contributed by atoms with Crippen LogP contribution in [0.25, 0.3) is 11.1 Å². The maximum atomic E-state index is 12.5. The first kappa shape index (κ1) is 23.4. The van der Waals surface area contributed by atoms with Gasteiger partial charge in [-0.15, -0.1) is 0 Å². The molecule has 4 aliphatic rings. The van der Waals surface area contributed by atoms with Crippen molar-refractivity contribution >= 4 is 18.0 Å². The molecule has 0 unspecified atom stereocenters. The predicted octanol–water partition coefficient (Wildman–Crippen LogP) is 4.55. The molecule has 7 nitrogen and oxygen atoms in total. The summed E-state index contributed by atoms with van der Waals surface area (Å²) in [4.78, 5) is 37.9. The highest BCUT2D eigenvalue weighted by Gasteiger charge is 2.62. The van der Waals surface area contributed by atoms with E-state index in [2.05, 4.69) is 29.6 Å². The molecule has 7 heteroatoms. The molecule has 35 heavy (non-hydrogen) atoms. The third kappa shape index (κ3) is 4.40. The smallest absolute Gasteiger partial charge is 0.407 e. The third-order valence-corrected chi connectivity index (χ3v) is 7.84. The van der Waals surface area contributed by atoms with Crippen LogP contribution in [0.5, 0.6) is 0 Å². The lowest BCUT2D eigenvalue weighted by atomic mass is 9.73. The highest BCUT2D eigenvalue weighted by Crippen LogP contribution is 2.51. The van der Waals surface area contributed by atoms with Gasteiger partial charge in [0.05, 0.1) is 0 Å². The van der Waals surface area contributed by atoms with Gasteiger partial charge in [-0.3, -0.25) is 4.79 Å². The van der Waals surface area contributed by atoms with Crippen LogP contribution in [0.4, 0.5) is 4.79 Å². The summed E-state index contributed by atoms with van der Waals surface area (Å²) in [5.74, 6) is -0.491. The molecule has 3 fully saturated rings. The number of carboxylic acids is 1. The molecule has 2 aliphatic heterocycles.